The van der Waals surface area contributed by atoms with Gasteiger partial charge < -0.3 is 10.2 Å². The van der Waals surface area contributed by atoms with Crippen LogP contribution >= 0.6 is 0 Å². The molecule has 1 atom stereocenters. The summed E-state index contributed by atoms with van der Waals surface area (Å²) in [4.78, 5) is 15.5. The lowest BCUT2D eigenvalue weighted by Crippen LogP contribution is -2.57. The number of piperidine rings is 1. The van der Waals surface area contributed by atoms with E-state index in [1.165, 1.54) is 4.90 Å². The molecule has 0 saturated carbocycles. The van der Waals surface area contributed by atoms with Gasteiger partial charge in [0.15, 0.2) is 0 Å². The van der Waals surface area contributed by atoms with Gasteiger partial charge in [-0.25, -0.2) is 0 Å². The molecule has 0 aromatic carbocycles. The molecule has 2 saturated heterocycles. The maximum atomic E-state index is 12.4. The first-order valence-electron chi connectivity index (χ1n) is 7.17. The van der Waals surface area contributed by atoms with E-state index in [1.54, 1.807) is 11.8 Å². The van der Waals surface area contributed by atoms with Crippen molar-refractivity contribution >= 4 is 5.91 Å². The van der Waals surface area contributed by atoms with E-state index in [2.05, 4.69) is 5.32 Å². The van der Waals surface area contributed by atoms with E-state index in [-0.39, 0.29) is 17.9 Å². The standard InChI is InChI=1S/C13H22F3N3O/c1-10-8-18(6-7-19(10)9-13(14,15)16)12(20)11-2-4-17-5-3-11/h10-11,17H,2-9H2,1H3/t10-/m0/s1. The number of hydrogen-bond acceptors (Lipinski definition) is 3. The third-order valence-electron chi connectivity index (χ3n) is 4.15. The normalized spacial score (nSPS) is 26.8. The second kappa shape index (κ2) is 6.30. The molecule has 0 bridgehead atoms. The SMILES string of the molecule is C[C@H]1CN(C(=O)C2CCNCC2)CCN1CC(F)(F)F. The molecule has 2 rings (SSSR count). The smallest absolute Gasteiger partial charge is 0.340 e. The summed E-state index contributed by atoms with van der Waals surface area (Å²) >= 11 is 0. The minimum Gasteiger partial charge on any atom is -0.340 e. The lowest BCUT2D eigenvalue weighted by atomic mass is 9.96. The second-order valence-corrected chi connectivity index (χ2v) is 5.74. The first kappa shape index (κ1) is 15.6. The maximum absolute atomic E-state index is 12.4. The van der Waals surface area contributed by atoms with Crippen LogP contribution in [0.2, 0.25) is 0 Å². The Morgan fingerprint density at radius 3 is 2.45 bits per heavy atom. The Balaban J connectivity index is 1.86. The summed E-state index contributed by atoms with van der Waals surface area (Å²) in [6.45, 7) is 3.68. The zero-order chi connectivity index (χ0) is 14.8. The molecule has 0 unspecified atom stereocenters. The highest BCUT2D eigenvalue weighted by molar-refractivity contribution is 5.79. The average Bonchev–Trinajstić information content (AvgIpc) is 2.40. The van der Waals surface area contributed by atoms with Crippen molar-refractivity contribution in [3.05, 3.63) is 0 Å². The minimum atomic E-state index is -4.17. The number of hydrogen-bond donors (Lipinski definition) is 1. The number of rotatable bonds is 2. The Morgan fingerprint density at radius 2 is 1.90 bits per heavy atom. The van der Waals surface area contributed by atoms with Crippen LogP contribution in [0, 0.1) is 5.92 Å². The lowest BCUT2D eigenvalue weighted by Gasteiger charge is -2.41. The van der Waals surface area contributed by atoms with Gasteiger partial charge in [0.1, 0.15) is 0 Å². The number of nitrogens with zero attached hydrogens (tertiary/aromatic N) is 2. The summed E-state index contributed by atoms with van der Waals surface area (Å²) in [6.07, 6.45) is -2.51. The van der Waals surface area contributed by atoms with Crippen molar-refractivity contribution in [3.8, 4) is 0 Å². The fourth-order valence-electron chi connectivity index (χ4n) is 2.99. The molecule has 0 aromatic heterocycles. The summed E-state index contributed by atoms with van der Waals surface area (Å²) in [7, 11) is 0. The average molecular weight is 293 g/mol. The molecule has 1 N–H and O–H groups in total. The van der Waals surface area contributed by atoms with E-state index < -0.39 is 12.7 Å². The number of alkyl halides is 3. The van der Waals surface area contributed by atoms with Gasteiger partial charge in [0.2, 0.25) is 5.91 Å². The quantitative estimate of drug-likeness (QED) is 0.827. The minimum absolute atomic E-state index is 0.0395. The molecule has 1 amide bonds. The third-order valence-corrected chi connectivity index (χ3v) is 4.15. The molecule has 0 aromatic rings. The van der Waals surface area contributed by atoms with Crippen molar-refractivity contribution in [2.24, 2.45) is 5.92 Å². The molecule has 0 radical (unpaired) electrons. The maximum Gasteiger partial charge on any atom is 0.401 e. The van der Waals surface area contributed by atoms with Crippen LogP contribution in [0.15, 0.2) is 0 Å². The zero-order valence-electron chi connectivity index (χ0n) is 11.7. The van der Waals surface area contributed by atoms with Crippen LogP contribution < -0.4 is 5.32 Å². The second-order valence-electron chi connectivity index (χ2n) is 5.74. The Kier molecular flexibility index (Phi) is 4.90. The van der Waals surface area contributed by atoms with E-state index in [0.29, 0.717) is 19.6 Å². The third kappa shape index (κ3) is 4.09. The predicted molar refractivity (Wildman–Crippen MR) is 69.3 cm³/mol. The number of amides is 1. The summed E-state index contributed by atoms with van der Waals surface area (Å²) < 4.78 is 37.3. The number of nitrogens with one attached hydrogen (secondary N) is 1. The highest BCUT2D eigenvalue weighted by Crippen LogP contribution is 2.22. The van der Waals surface area contributed by atoms with Gasteiger partial charge in [0.05, 0.1) is 6.54 Å². The van der Waals surface area contributed by atoms with Crippen molar-refractivity contribution in [2.45, 2.75) is 32.0 Å². The Morgan fingerprint density at radius 1 is 1.25 bits per heavy atom. The molecular formula is C13H22F3N3O. The lowest BCUT2D eigenvalue weighted by molar-refractivity contribution is -0.158. The highest BCUT2D eigenvalue weighted by Gasteiger charge is 2.37. The molecule has 4 nitrogen and oxygen atoms in total. The highest BCUT2D eigenvalue weighted by atomic mass is 19.4. The molecule has 2 heterocycles. The fraction of sp³-hybridized carbons (Fsp3) is 0.923. The van der Waals surface area contributed by atoms with Gasteiger partial charge in [-0.05, 0) is 32.9 Å². The van der Waals surface area contributed by atoms with Crippen LogP contribution in [0.1, 0.15) is 19.8 Å². The van der Waals surface area contributed by atoms with E-state index in [0.717, 1.165) is 25.9 Å². The van der Waals surface area contributed by atoms with Crippen molar-refractivity contribution in [2.75, 3.05) is 39.3 Å². The van der Waals surface area contributed by atoms with Gasteiger partial charge in [0, 0.05) is 31.6 Å². The topological polar surface area (TPSA) is 35.6 Å². The number of carbonyl (C=O) groups excluding carboxylic acids is 1. The van der Waals surface area contributed by atoms with Gasteiger partial charge in [0.25, 0.3) is 0 Å². The Labute approximate surface area is 117 Å². The van der Waals surface area contributed by atoms with Gasteiger partial charge in [-0.2, -0.15) is 13.2 Å². The van der Waals surface area contributed by atoms with E-state index in [9.17, 15) is 18.0 Å². The van der Waals surface area contributed by atoms with E-state index in [1.807, 2.05) is 0 Å². The van der Waals surface area contributed by atoms with Crippen LogP contribution in [0.5, 0.6) is 0 Å². The van der Waals surface area contributed by atoms with Crippen molar-refractivity contribution in [3.63, 3.8) is 0 Å². The van der Waals surface area contributed by atoms with Gasteiger partial charge >= 0.3 is 6.18 Å². The molecule has 2 fully saturated rings. The summed E-state index contributed by atoms with van der Waals surface area (Å²) in [6, 6.07) is -0.240. The summed E-state index contributed by atoms with van der Waals surface area (Å²) in [5.74, 6) is 0.155. The molecule has 20 heavy (non-hydrogen) atoms. The Bertz CT molecular complexity index is 342. The first-order valence-corrected chi connectivity index (χ1v) is 7.17. The molecule has 2 aliphatic heterocycles. The monoisotopic (exact) mass is 293 g/mol. The van der Waals surface area contributed by atoms with Crippen LogP contribution in [-0.2, 0) is 4.79 Å². The van der Waals surface area contributed by atoms with Crippen LogP contribution in [0.4, 0.5) is 13.2 Å². The summed E-state index contributed by atoms with van der Waals surface area (Å²) in [5.41, 5.74) is 0. The van der Waals surface area contributed by atoms with Gasteiger partial charge in [-0.15, -0.1) is 0 Å². The largest absolute Gasteiger partial charge is 0.401 e. The van der Waals surface area contributed by atoms with Crippen molar-refractivity contribution < 1.29 is 18.0 Å². The van der Waals surface area contributed by atoms with E-state index in [4.69, 9.17) is 0 Å². The fourth-order valence-corrected chi connectivity index (χ4v) is 2.99. The molecule has 0 aliphatic carbocycles. The molecule has 0 spiro atoms. The molecule has 2 aliphatic rings. The first-order chi connectivity index (χ1) is 9.37. The molecular weight excluding hydrogens is 271 g/mol. The van der Waals surface area contributed by atoms with Crippen molar-refractivity contribution in [1.29, 1.82) is 0 Å². The van der Waals surface area contributed by atoms with Crippen LogP contribution in [0.3, 0.4) is 0 Å². The van der Waals surface area contributed by atoms with Crippen molar-refractivity contribution in [1.82, 2.24) is 15.1 Å². The van der Waals surface area contributed by atoms with Crippen LogP contribution in [-0.4, -0.2) is 67.2 Å². The van der Waals surface area contributed by atoms with Gasteiger partial charge in [-0.1, -0.05) is 0 Å². The van der Waals surface area contributed by atoms with Crippen LogP contribution in [0.25, 0.3) is 0 Å². The Hall–Kier alpha value is -0.820. The zero-order valence-corrected chi connectivity index (χ0v) is 11.7. The number of carbonyl (C=O) groups is 1. The number of halogens is 3. The van der Waals surface area contributed by atoms with E-state index >= 15 is 0 Å². The van der Waals surface area contributed by atoms with Gasteiger partial charge in [-0.3, -0.25) is 9.69 Å². The summed E-state index contributed by atoms with van der Waals surface area (Å²) in [5, 5.41) is 3.21. The molecule has 116 valence electrons. The number of piperazine rings is 1. The molecule has 7 heteroatoms. The predicted octanol–water partition coefficient (Wildman–Crippen LogP) is 1.08.